The molecule has 1 fully saturated rings. The maximum Gasteiger partial charge on any atom is 0.216 e. The van der Waals surface area contributed by atoms with Crippen molar-refractivity contribution in [2.45, 2.75) is 38.8 Å². The lowest BCUT2D eigenvalue weighted by molar-refractivity contribution is 0.0905. The highest BCUT2D eigenvalue weighted by Gasteiger charge is 2.26. The van der Waals surface area contributed by atoms with Crippen LogP contribution in [0.3, 0.4) is 0 Å². The SMILES string of the molecule is CC(C)OCCS(=O)(=O)N1CCC(N)CC1.Cl. The maximum absolute atomic E-state index is 11.9. The molecule has 0 bridgehead atoms. The summed E-state index contributed by atoms with van der Waals surface area (Å²) < 4.78 is 30.5. The summed E-state index contributed by atoms with van der Waals surface area (Å²) in [6, 6.07) is 0.151. The summed E-state index contributed by atoms with van der Waals surface area (Å²) in [6.45, 7) is 5.15. The van der Waals surface area contributed by atoms with Crippen LogP contribution < -0.4 is 5.73 Å². The molecule has 0 radical (unpaired) electrons. The van der Waals surface area contributed by atoms with Gasteiger partial charge < -0.3 is 10.5 Å². The van der Waals surface area contributed by atoms with Crippen LogP contribution in [0.25, 0.3) is 0 Å². The Balaban J connectivity index is 0.00000256. The standard InChI is InChI=1S/C10H22N2O3S.ClH/c1-9(2)15-7-8-16(13,14)12-5-3-10(11)4-6-12;/h9-10H,3-8,11H2,1-2H3;1H. The van der Waals surface area contributed by atoms with Crippen molar-refractivity contribution in [2.24, 2.45) is 5.73 Å². The fourth-order valence-corrected chi connectivity index (χ4v) is 3.00. The van der Waals surface area contributed by atoms with Gasteiger partial charge in [-0.25, -0.2) is 12.7 Å². The van der Waals surface area contributed by atoms with Gasteiger partial charge in [-0.3, -0.25) is 0 Å². The highest BCUT2D eigenvalue weighted by molar-refractivity contribution is 7.89. The van der Waals surface area contributed by atoms with Crippen molar-refractivity contribution in [3.05, 3.63) is 0 Å². The van der Waals surface area contributed by atoms with Crippen LogP contribution in [-0.2, 0) is 14.8 Å². The average molecular weight is 287 g/mol. The first kappa shape index (κ1) is 17.1. The zero-order valence-corrected chi connectivity index (χ0v) is 12.1. The summed E-state index contributed by atoms with van der Waals surface area (Å²) in [5, 5.41) is 0. The van der Waals surface area contributed by atoms with Crippen LogP contribution >= 0.6 is 12.4 Å². The molecule has 0 aromatic heterocycles. The number of nitrogens with two attached hydrogens (primary N) is 1. The quantitative estimate of drug-likeness (QED) is 0.803. The van der Waals surface area contributed by atoms with Crippen LogP contribution in [0.1, 0.15) is 26.7 Å². The number of hydrogen-bond donors (Lipinski definition) is 1. The fourth-order valence-electron chi connectivity index (χ4n) is 1.67. The third-order valence-corrected chi connectivity index (χ3v) is 4.52. The van der Waals surface area contributed by atoms with E-state index in [4.69, 9.17) is 10.5 Å². The van der Waals surface area contributed by atoms with Gasteiger partial charge in [0.15, 0.2) is 0 Å². The van der Waals surface area contributed by atoms with Crippen LogP contribution in [-0.4, -0.2) is 50.3 Å². The number of rotatable bonds is 5. The highest BCUT2D eigenvalue weighted by atomic mass is 35.5. The lowest BCUT2D eigenvalue weighted by Gasteiger charge is -2.29. The molecule has 1 aliphatic rings. The molecule has 1 saturated heterocycles. The first-order valence-corrected chi connectivity index (χ1v) is 7.38. The van der Waals surface area contributed by atoms with E-state index in [1.807, 2.05) is 13.8 Å². The molecule has 0 unspecified atom stereocenters. The third-order valence-electron chi connectivity index (χ3n) is 2.68. The van der Waals surface area contributed by atoms with Gasteiger partial charge in [0, 0.05) is 19.1 Å². The van der Waals surface area contributed by atoms with E-state index in [2.05, 4.69) is 0 Å². The van der Waals surface area contributed by atoms with Gasteiger partial charge in [0.2, 0.25) is 10.0 Å². The van der Waals surface area contributed by atoms with E-state index >= 15 is 0 Å². The van der Waals surface area contributed by atoms with Crippen molar-refractivity contribution in [3.63, 3.8) is 0 Å². The van der Waals surface area contributed by atoms with Crippen LogP contribution in [0.4, 0.5) is 0 Å². The molecule has 1 aliphatic heterocycles. The van der Waals surface area contributed by atoms with Crippen LogP contribution in [0.15, 0.2) is 0 Å². The van der Waals surface area contributed by atoms with Crippen molar-refractivity contribution >= 4 is 22.4 Å². The highest BCUT2D eigenvalue weighted by Crippen LogP contribution is 2.13. The second kappa shape index (κ2) is 7.53. The van der Waals surface area contributed by atoms with E-state index < -0.39 is 10.0 Å². The van der Waals surface area contributed by atoms with Crippen LogP contribution in [0, 0.1) is 0 Å². The first-order chi connectivity index (χ1) is 7.42. The minimum atomic E-state index is -3.15. The Morgan fingerprint density at radius 1 is 1.35 bits per heavy atom. The Morgan fingerprint density at radius 3 is 2.35 bits per heavy atom. The Morgan fingerprint density at radius 2 is 1.88 bits per heavy atom. The molecule has 1 rings (SSSR count). The lowest BCUT2D eigenvalue weighted by Crippen LogP contribution is -2.44. The second-order valence-corrected chi connectivity index (χ2v) is 6.56. The summed E-state index contributed by atoms with van der Waals surface area (Å²) >= 11 is 0. The molecule has 2 N–H and O–H groups in total. The van der Waals surface area contributed by atoms with Gasteiger partial charge in [-0.15, -0.1) is 12.4 Å². The van der Waals surface area contributed by atoms with Crippen LogP contribution in [0.2, 0.25) is 0 Å². The molecule has 0 aromatic rings. The molecule has 0 atom stereocenters. The van der Waals surface area contributed by atoms with Crippen molar-refractivity contribution < 1.29 is 13.2 Å². The Kier molecular flexibility index (Phi) is 7.58. The molecular formula is C10H23ClN2O3S. The van der Waals surface area contributed by atoms with Gasteiger partial charge in [0.1, 0.15) is 0 Å². The van der Waals surface area contributed by atoms with E-state index in [1.54, 1.807) is 0 Å². The summed E-state index contributed by atoms with van der Waals surface area (Å²) in [5.41, 5.74) is 5.73. The van der Waals surface area contributed by atoms with Crippen molar-refractivity contribution in [1.29, 1.82) is 0 Å². The number of sulfonamides is 1. The smallest absolute Gasteiger partial charge is 0.216 e. The monoisotopic (exact) mass is 286 g/mol. The van der Waals surface area contributed by atoms with Gasteiger partial charge in [0.05, 0.1) is 18.5 Å². The van der Waals surface area contributed by atoms with E-state index in [9.17, 15) is 8.42 Å². The molecule has 0 saturated carbocycles. The largest absolute Gasteiger partial charge is 0.378 e. The van der Waals surface area contributed by atoms with Gasteiger partial charge in [-0.05, 0) is 26.7 Å². The summed E-state index contributed by atoms with van der Waals surface area (Å²) in [5.74, 6) is 0.0699. The summed E-state index contributed by atoms with van der Waals surface area (Å²) in [7, 11) is -3.15. The zero-order chi connectivity index (χ0) is 12.2. The maximum atomic E-state index is 11.9. The van der Waals surface area contributed by atoms with Gasteiger partial charge >= 0.3 is 0 Å². The molecule has 17 heavy (non-hydrogen) atoms. The molecule has 0 spiro atoms. The van der Waals surface area contributed by atoms with E-state index in [1.165, 1.54) is 4.31 Å². The van der Waals surface area contributed by atoms with Gasteiger partial charge in [0.25, 0.3) is 0 Å². The zero-order valence-electron chi connectivity index (χ0n) is 10.5. The van der Waals surface area contributed by atoms with E-state index in [-0.39, 0.29) is 36.9 Å². The molecule has 1 heterocycles. The normalized spacial score (nSPS) is 19.3. The molecule has 0 aromatic carbocycles. The third kappa shape index (κ3) is 6.01. The van der Waals surface area contributed by atoms with Crippen LogP contribution in [0.5, 0.6) is 0 Å². The minimum Gasteiger partial charge on any atom is -0.378 e. The predicted molar refractivity (Wildman–Crippen MR) is 70.9 cm³/mol. The minimum absolute atomic E-state index is 0. The number of ether oxygens (including phenoxy) is 1. The van der Waals surface area contributed by atoms with Crippen molar-refractivity contribution in [1.82, 2.24) is 4.31 Å². The van der Waals surface area contributed by atoms with E-state index in [0.29, 0.717) is 13.1 Å². The predicted octanol–water partition coefficient (Wildman–Crippen LogP) is 0.586. The Hall–Kier alpha value is 0.120. The first-order valence-electron chi connectivity index (χ1n) is 5.77. The molecule has 0 amide bonds. The number of halogens is 1. The molecular weight excluding hydrogens is 264 g/mol. The molecule has 104 valence electrons. The fraction of sp³-hybridized carbons (Fsp3) is 1.00. The second-order valence-electron chi connectivity index (χ2n) is 4.47. The summed E-state index contributed by atoms with van der Waals surface area (Å²) in [6.07, 6.45) is 1.58. The topological polar surface area (TPSA) is 72.6 Å². The number of hydrogen-bond acceptors (Lipinski definition) is 4. The number of piperidine rings is 1. The summed E-state index contributed by atoms with van der Waals surface area (Å²) in [4.78, 5) is 0. The average Bonchev–Trinajstić information content (AvgIpc) is 2.17. The molecule has 0 aliphatic carbocycles. The van der Waals surface area contributed by atoms with Gasteiger partial charge in [-0.2, -0.15) is 0 Å². The molecule has 5 nitrogen and oxygen atoms in total. The van der Waals surface area contributed by atoms with Gasteiger partial charge in [-0.1, -0.05) is 0 Å². The Bertz CT molecular complexity index is 301. The van der Waals surface area contributed by atoms with E-state index in [0.717, 1.165) is 12.8 Å². The molecule has 7 heteroatoms. The van der Waals surface area contributed by atoms with Crippen molar-refractivity contribution in [2.75, 3.05) is 25.4 Å². The lowest BCUT2D eigenvalue weighted by atomic mass is 10.1. The van der Waals surface area contributed by atoms with Crippen molar-refractivity contribution in [3.8, 4) is 0 Å². The number of nitrogens with zero attached hydrogens (tertiary/aromatic N) is 1. The Labute approximate surface area is 110 Å².